The van der Waals surface area contributed by atoms with Crippen LogP contribution in [-0.2, 0) is 6.54 Å². The lowest BCUT2D eigenvalue weighted by Gasteiger charge is -2.14. The Hall–Kier alpha value is -1.35. The minimum Gasteiger partial charge on any atom is -0.347 e. The van der Waals surface area contributed by atoms with Gasteiger partial charge < -0.3 is 9.47 Å². The largest absolute Gasteiger partial charge is 0.347 e. The average molecular weight is 260 g/mol. The molecule has 2 nitrogen and oxygen atoms in total. The maximum Gasteiger partial charge on any atom is 0.125 e. The summed E-state index contributed by atoms with van der Waals surface area (Å²) in [4.78, 5) is 2.53. The molecule has 0 aliphatic carbocycles. The second-order valence-electron chi connectivity index (χ2n) is 5.57. The molecule has 0 radical (unpaired) electrons. The summed E-state index contributed by atoms with van der Waals surface area (Å²) in [6.07, 6.45) is 5.97. The van der Waals surface area contributed by atoms with E-state index in [4.69, 9.17) is 0 Å². The quantitative estimate of drug-likeness (QED) is 0.816. The SMILES string of the molecule is Cc1cn(CCCN2CCCC2)c2cc(F)ccc12. The van der Waals surface area contributed by atoms with Crippen molar-refractivity contribution in [2.75, 3.05) is 19.6 Å². The van der Waals surface area contributed by atoms with Gasteiger partial charge in [0.15, 0.2) is 0 Å². The van der Waals surface area contributed by atoms with Crippen molar-refractivity contribution in [3.63, 3.8) is 0 Å². The molecule has 3 rings (SSSR count). The van der Waals surface area contributed by atoms with E-state index in [2.05, 4.69) is 22.6 Å². The maximum atomic E-state index is 13.4. The van der Waals surface area contributed by atoms with Crippen molar-refractivity contribution in [1.29, 1.82) is 0 Å². The van der Waals surface area contributed by atoms with Gasteiger partial charge in [-0.05, 0) is 69.6 Å². The Labute approximate surface area is 113 Å². The molecule has 1 saturated heterocycles. The Morgan fingerprint density at radius 2 is 1.95 bits per heavy atom. The van der Waals surface area contributed by atoms with Crippen molar-refractivity contribution < 1.29 is 4.39 Å². The first kappa shape index (κ1) is 12.7. The van der Waals surface area contributed by atoms with Gasteiger partial charge >= 0.3 is 0 Å². The number of benzene rings is 1. The Morgan fingerprint density at radius 3 is 2.74 bits per heavy atom. The summed E-state index contributed by atoms with van der Waals surface area (Å²) >= 11 is 0. The van der Waals surface area contributed by atoms with E-state index in [0.29, 0.717) is 0 Å². The number of hydrogen-bond acceptors (Lipinski definition) is 1. The highest BCUT2D eigenvalue weighted by Crippen LogP contribution is 2.22. The van der Waals surface area contributed by atoms with E-state index in [1.165, 1.54) is 36.9 Å². The van der Waals surface area contributed by atoms with Gasteiger partial charge in [-0.3, -0.25) is 0 Å². The first-order valence-corrected chi connectivity index (χ1v) is 7.21. The van der Waals surface area contributed by atoms with Crippen LogP contribution in [-0.4, -0.2) is 29.1 Å². The van der Waals surface area contributed by atoms with E-state index >= 15 is 0 Å². The first-order valence-electron chi connectivity index (χ1n) is 7.21. The van der Waals surface area contributed by atoms with Gasteiger partial charge in [0.2, 0.25) is 0 Å². The highest BCUT2D eigenvalue weighted by molar-refractivity contribution is 5.83. The zero-order valence-corrected chi connectivity index (χ0v) is 11.5. The van der Waals surface area contributed by atoms with Gasteiger partial charge in [0.05, 0.1) is 5.52 Å². The molecule has 2 aromatic rings. The van der Waals surface area contributed by atoms with Crippen molar-refractivity contribution in [3.05, 3.63) is 35.8 Å². The number of rotatable bonds is 4. The van der Waals surface area contributed by atoms with Crippen molar-refractivity contribution in [2.45, 2.75) is 32.7 Å². The average Bonchev–Trinajstić information content (AvgIpc) is 2.99. The summed E-state index contributed by atoms with van der Waals surface area (Å²) in [5.74, 6) is -0.147. The lowest BCUT2D eigenvalue weighted by Crippen LogP contribution is -2.21. The summed E-state index contributed by atoms with van der Waals surface area (Å²) in [7, 11) is 0. The number of fused-ring (bicyclic) bond motifs is 1. The van der Waals surface area contributed by atoms with Crippen molar-refractivity contribution in [1.82, 2.24) is 9.47 Å². The van der Waals surface area contributed by atoms with E-state index in [1.54, 1.807) is 12.1 Å². The Balaban J connectivity index is 1.71. The van der Waals surface area contributed by atoms with Crippen LogP contribution < -0.4 is 0 Å². The standard InChI is InChI=1S/C16H21FN2/c1-13-12-19(10-4-9-18-7-2-3-8-18)16-11-14(17)5-6-15(13)16/h5-6,11-12H,2-4,7-10H2,1H3. The van der Waals surface area contributed by atoms with Crippen molar-refractivity contribution in [2.24, 2.45) is 0 Å². The lowest BCUT2D eigenvalue weighted by molar-refractivity contribution is 0.326. The third-order valence-electron chi connectivity index (χ3n) is 4.12. The number of aromatic nitrogens is 1. The van der Waals surface area contributed by atoms with Crippen molar-refractivity contribution in [3.8, 4) is 0 Å². The van der Waals surface area contributed by atoms with Gasteiger partial charge in [-0.2, -0.15) is 0 Å². The molecule has 1 aromatic carbocycles. The number of hydrogen-bond donors (Lipinski definition) is 0. The van der Waals surface area contributed by atoms with Gasteiger partial charge in [-0.25, -0.2) is 4.39 Å². The fourth-order valence-corrected chi connectivity index (χ4v) is 3.10. The van der Waals surface area contributed by atoms with Gasteiger partial charge in [-0.1, -0.05) is 0 Å². The fourth-order valence-electron chi connectivity index (χ4n) is 3.10. The summed E-state index contributed by atoms with van der Waals surface area (Å²) in [6.45, 7) is 6.73. The van der Waals surface area contributed by atoms with E-state index in [-0.39, 0.29) is 5.82 Å². The zero-order chi connectivity index (χ0) is 13.2. The topological polar surface area (TPSA) is 8.17 Å². The molecule has 0 atom stereocenters. The number of aryl methyl sites for hydroxylation is 2. The summed E-state index contributed by atoms with van der Waals surface area (Å²) in [5.41, 5.74) is 2.26. The van der Waals surface area contributed by atoms with E-state index in [9.17, 15) is 4.39 Å². The van der Waals surface area contributed by atoms with Crippen LogP contribution in [0.3, 0.4) is 0 Å². The minimum absolute atomic E-state index is 0.147. The second-order valence-corrected chi connectivity index (χ2v) is 5.57. The smallest absolute Gasteiger partial charge is 0.125 e. The van der Waals surface area contributed by atoms with Gasteiger partial charge in [0.1, 0.15) is 5.82 Å². The molecular weight excluding hydrogens is 239 g/mol. The molecule has 102 valence electrons. The molecule has 19 heavy (non-hydrogen) atoms. The van der Waals surface area contributed by atoms with Gasteiger partial charge in [-0.15, -0.1) is 0 Å². The van der Waals surface area contributed by atoms with Gasteiger partial charge in [0.25, 0.3) is 0 Å². The summed E-state index contributed by atoms with van der Waals surface area (Å²) < 4.78 is 15.6. The Morgan fingerprint density at radius 1 is 1.16 bits per heavy atom. The number of nitrogens with zero attached hydrogens (tertiary/aromatic N) is 2. The molecule has 0 spiro atoms. The molecule has 1 aromatic heterocycles. The minimum atomic E-state index is -0.147. The van der Waals surface area contributed by atoms with Crippen LogP contribution >= 0.6 is 0 Å². The molecule has 1 aliphatic rings. The molecule has 3 heteroatoms. The van der Waals surface area contributed by atoms with Crippen molar-refractivity contribution >= 4 is 10.9 Å². The predicted molar refractivity (Wildman–Crippen MR) is 76.9 cm³/mol. The predicted octanol–water partition coefficient (Wildman–Crippen LogP) is 3.57. The van der Waals surface area contributed by atoms with Crippen LogP contribution in [0.25, 0.3) is 10.9 Å². The number of halogens is 1. The third-order valence-corrected chi connectivity index (χ3v) is 4.12. The third kappa shape index (κ3) is 2.66. The Bertz CT molecular complexity index is 567. The van der Waals surface area contributed by atoms with E-state index < -0.39 is 0 Å². The second kappa shape index (κ2) is 5.33. The van der Waals surface area contributed by atoms with Crippen LogP contribution in [0.5, 0.6) is 0 Å². The Kier molecular flexibility index (Phi) is 3.56. The highest BCUT2D eigenvalue weighted by Gasteiger charge is 2.11. The van der Waals surface area contributed by atoms with E-state index in [1.807, 2.05) is 6.07 Å². The van der Waals surface area contributed by atoms with Crippen LogP contribution in [0, 0.1) is 12.7 Å². The normalized spacial score (nSPS) is 16.5. The molecule has 0 N–H and O–H groups in total. The maximum absolute atomic E-state index is 13.4. The van der Waals surface area contributed by atoms with Crippen LogP contribution in [0.2, 0.25) is 0 Å². The molecule has 0 amide bonds. The monoisotopic (exact) mass is 260 g/mol. The van der Waals surface area contributed by atoms with Crippen LogP contribution in [0.1, 0.15) is 24.8 Å². The molecule has 0 saturated carbocycles. The summed E-state index contributed by atoms with van der Waals surface area (Å²) in [5, 5.41) is 1.17. The molecule has 1 aliphatic heterocycles. The number of likely N-dealkylation sites (tertiary alicyclic amines) is 1. The highest BCUT2D eigenvalue weighted by atomic mass is 19.1. The molecule has 0 unspecified atom stereocenters. The van der Waals surface area contributed by atoms with E-state index in [0.717, 1.165) is 25.0 Å². The molecule has 1 fully saturated rings. The lowest BCUT2D eigenvalue weighted by atomic mass is 10.2. The zero-order valence-electron chi connectivity index (χ0n) is 11.5. The molecular formula is C16H21FN2. The fraction of sp³-hybridized carbons (Fsp3) is 0.500. The van der Waals surface area contributed by atoms with Crippen LogP contribution in [0.4, 0.5) is 4.39 Å². The van der Waals surface area contributed by atoms with Crippen LogP contribution in [0.15, 0.2) is 24.4 Å². The first-order chi connectivity index (χ1) is 9.24. The summed E-state index contributed by atoms with van der Waals surface area (Å²) in [6, 6.07) is 5.08. The van der Waals surface area contributed by atoms with Gasteiger partial charge in [0, 0.05) is 18.1 Å². The molecule has 0 bridgehead atoms. The molecule has 2 heterocycles.